The van der Waals surface area contributed by atoms with Crippen molar-refractivity contribution in [1.82, 2.24) is 10.8 Å². The van der Waals surface area contributed by atoms with E-state index in [1.54, 1.807) is 5.48 Å². The Morgan fingerprint density at radius 2 is 1.63 bits per heavy atom. The second-order valence-corrected chi connectivity index (χ2v) is 11.2. The van der Waals surface area contributed by atoms with Gasteiger partial charge in [-0.3, -0.25) is 10.0 Å². The zero-order valence-corrected chi connectivity index (χ0v) is 19.4. The Morgan fingerprint density at radius 3 is 2.26 bits per heavy atom. The average Bonchev–Trinajstić information content (AvgIpc) is 3.20. The molecular weight excluding hydrogens is 489 g/mol. The van der Waals surface area contributed by atoms with Gasteiger partial charge in [-0.1, -0.05) is 6.07 Å². The summed E-state index contributed by atoms with van der Waals surface area (Å²) in [7, 11) is -4.25. The molecule has 1 heterocycles. The van der Waals surface area contributed by atoms with E-state index in [2.05, 4.69) is 10.1 Å². The Morgan fingerprint density at radius 1 is 0.971 bits per heavy atom. The summed E-state index contributed by atoms with van der Waals surface area (Å²) in [5, 5.41) is 12.7. The van der Waals surface area contributed by atoms with Gasteiger partial charge in [0.1, 0.15) is 17.2 Å². The second kappa shape index (κ2) is 9.32. The minimum atomic E-state index is -4.82. The molecule has 2 aromatic carbocycles. The van der Waals surface area contributed by atoms with Crippen molar-refractivity contribution in [3.63, 3.8) is 0 Å². The number of sulfone groups is 1. The van der Waals surface area contributed by atoms with Crippen molar-refractivity contribution in [3.8, 4) is 17.2 Å². The molecule has 2 fully saturated rings. The minimum absolute atomic E-state index is 0.0769. The van der Waals surface area contributed by atoms with Crippen LogP contribution in [-0.2, 0) is 14.6 Å². The van der Waals surface area contributed by atoms with Gasteiger partial charge >= 0.3 is 6.36 Å². The molecule has 12 heteroatoms. The quantitative estimate of drug-likeness (QED) is 0.395. The van der Waals surface area contributed by atoms with Crippen LogP contribution < -0.4 is 20.3 Å². The van der Waals surface area contributed by atoms with E-state index >= 15 is 0 Å². The van der Waals surface area contributed by atoms with Crippen molar-refractivity contribution in [2.24, 2.45) is 5.41 Å². The first kappa shape index (κ1) is 25.3. The van der Waals surface area contributed by atoms with Crippen LogP contribution in [0, 0.1) is 5.41 Å². The van der Waals surface area contributed by atoms with Crippen LogP contribution in [0.1, 0.15) is 32.1 Å². The molecule has 1 amide bonds. The lowest BCUT2D eigenvalue weighted by atomic mass is 9.77. The summed E-state index contributed by atoms with van der Waals surface area (Å²) in [5.41, 5.74) is 1.26. The van der Waals surface area contributed by atoms with Crippen LogP contribution in [0.3, 0.4) is 0 Å². The lowest BCUT2D eigenvalue weighted by molar-refractivity contribution is -0.274. The largest absolute Gasteiger partial charge is 0.573 e. The fraction of sp³-hybridized carbons (Fsp3) is 0.435. The smallest absolute Gasteiger partial charge is 0.457 e. The van der Waals surface area contributed by atoms with Gasteiger partial charge in [-0.05, 0) is 93.1 Å². The number of hydrogen-bond acceptors (Lipinski definition) is 7. The summed E-state index contributed by atoms with van der Waals surface area (Å²) >= 11 is 0. The highest BCUT2D eigenvalue weighted by atomic mass is 32.2. The molecule has 1 aliphatic heterocycles. The minimum Gasteiger partial charge on any atom is -0.457 e. The third kappa shape index (κ3) is 5.09. The van der Waals surface area contributed by atoms with E-state index in [9.17, 15) is 31.6 Å². The van der Waals surface area contributed by atoms with Crippen molar-refractivity contribution in [3.05, 3.63) is 48.5 Å². The number of hydrogen-bond donors (Lipinski definition) is 3. The monoisotopic (exact) mass is 514 g/mol. The van der Waals surface area contributed by atoms with Crippen LogP contribution in [0.2, 0.25) is 0 Å². The number of amides is 1. The molecule has 3 N–H and O–H groups in total. The van der Waals surface area contributed by atoms with Gasteiger partial charge in [0.25, 0.3) is 5.91 Å². The number of nitrogens with one attached hydrogen (secondary N) is 2. The molecule has 8 nitrogen and oxygen atoms in total. The Bertz CT molecular complexity index is 1180. The summed E-state index contributed by atoms with van der Waals surface area (Å²) in [6, 6.07) is 10.2. The molecule has 0 radical (unpaired) electrons. The van der Waals surface area contributed by atoms with E-state index in [0.717, 1.165) is 38.1 Å². The lowest BCUT2D eigenvalue weighted by Gasteiger charge is -2.36. The van der Waals surface area contributed by atoms with Crippen LogP contribution in [0.15, 0.2) is 53.4 Å². The topological polar surface area (TPSA) is 114 Å². The summed E-state index contributed by atoms with van der Waals surface area (Å²) in [4.78, 5) is 12.7. The van der Waals surface area contributed by atoms with E-state index in [1.165, 1.54) is 36.4 Å². The van der Waals surface area contributed by atoms with E-state index in [0.29, 0.717) is 6.42 Å². The SMILES string of the molecule is O=C(NO)C1(S(=O)(=O)c2cccc(Oc3ccc(OC(F)(F)F)cc3)c2)CCC2(CCNCC2)C1. The molecule has 4 rings (SSSR count). The maximum absolute atomic E-state index is 13.8. The van der Waals surface area contributed by atoms with Gasteiger partial charge < -0.3 is 14.8 Å². The third-order valence-corrected chi connectivity index (χ3v) is 9.26. The number of carbonyl (C=O) groups is 1. The number of carbonyl (C=O) groups excluding carboxylic acids is 1. The maximum atomic E-state index is 13.8. The van der Waals surface area contributed by atoms with Crippen LogP contribution in [0.4, 0.5) is 13.2 Å². The van der Waals surface area contributed by atoms with Gasteiger partial charge in [0.2, 0.25) is 0 Å². The van der Waals surface area contributed by atoms with Crippen LogP contribution in [0.25, 0.3) is 0 Å². The van der Waals surface area contributed by atoms with Gasteiger partial charge in [0.05, 0.1) is 4.90 Å². The number of halogens is 3. The zero-order valence-electron chi connectivity index (χ0n) is 18.6. The third-order valence-electron chi connectivity index (χ3n) is 6.82. The summed E-state index contributed by atoms with van der Waals surface area (Å²) in [6.07, 6.45) is -2.63. The molecule has 0 aromatic heterocycles. The zero-order chi connectivity index (χ0) is 25.3. The van der Waals surface area contributed by atoms with Gasteiger partial charge in [-0.2, -0.15) is 0 Å². The second-order valence-electron chi connectivity index (χ2n) is 8.96. The molecule has 0 bridgehead atoms. The number of piperidine rings is 1. The Kier molecular flexibility index (Phi) is 6.73. The van der Waals surface area contributed by atoms with Gasteiger partial charge in [-0.25, -0.2) is 13.9 Å². The predicted octanol–water partition coefficient (Wildman–Crippen LogP) is 3.95. The molecule has 1 unspecified atom stereocenters. The Balaban J connectivity index is 1.60. The molecule has 1 saturated carbocycles. The van der Waals surface area contributed by atoms with Crippen molar-refractivity contribution < 1.29 is 41.1 Å². The molecular formula is C23H25F3N2O6S. The molecule has 2 aromatic rings. The highest BCUT2D eigenvalue weighted by molar-refractivity contribution is 7.93. The summed E-state index contributed by atoms with van der Waals surface area (Å²) in [6.45, 7) is 1.46. The molecule has 1 aliphatic carbocycles. The average molecular weight is 515 g/mol. The van der Waals surface area contributed by atoms with Gasteiger partial charge in [0, 0.05) is 0 Å². The fourth-order valence-corrected chi connectivity index (χ4v) is 7.19. The van der Waals surface area contributed by atoms with Gasteiger partial charge in [-0.15, -0.1) is 13.2 Å². The molecule has 1 spiro atoms. The van der Waals surface area contributed by atoms with Crippen molar-refractivity contribution in [2.75, 3.05) is 13.1 Å². The van der Waals surface area contributed by atoms with E-state index < -0.39 is 32.6 Å². The number of ether oxygens (including phenoxy) is 2. The standard InChI is InChI=1S/C23H25F3N2O6S/c24-23(25,26)34-17-6-4-16(5-7-17)33-18-2-1-3-19(14-18)35(31,32)22(20(29)28-30)9-8-21(15-22)10-12-27-13-11-21/h1-7,14,27,30H,8-13,15H2,(H,28,29). The Hall–Kier alpha value is -2.83. The summed E-state index contributed by atoms with van der Waals surface area (Å²) in [5.74, 6) is -1.11. The molecule has 1 saturated heterocycles. The normalized spacial score (nSPS) is 22.1. The van der Waals surface area contributed by atoms with Gasteiger partial charge in [0.15, 0.2) is 14.6 Å². The molecule has 1 atom stereocenters. The molecule has 35 heavy (non-hydrogen) atoms. The summed E-state index contributed by atoms with van der Waals surface area (Å²) < 4.78 is 72.3. The fourth-order valence-electron chi connectivity index (χ4n) is 5.06. The molecule has 2 aliphatic rings. The number of rotatable bonds is 6. The van der Waals surface area contributed by atoms with Crippen LogP contribution in [0.5, 0.6) is 17.2 Å². The Labute approximate surface area is 200 Å². The highest BCUT2D eigenvalue weighted by Crippen LogP contribution is 2.54. The first-order valence-corrected chi connectivity index (χ1v) is 12.5. The highest BCUT2D eigenvalue weighted by Gasteiger charge is 2.60. The maximum Gasteiger partial charge on any atom is 0.573 e. The first-order chi connectivity index (χ1) is 16.5. The number of hydroxylamine groups is 1. The number of benzene rings is 2. The van der Waals surface area contributed by atoms with Crippen LogP contribution >= 0.6 is 0 Å². The van der Waals surface area contributed by atoms with Crippen molar-refractivity contribution in [2.45, 2.75) is 48.1 Å². The molecule has 190 valence electrons. The van der Waals surface area contributed by atoms with Crippen molar-refractivity contribution >= 4 is 15.7 Å². The number of alkyl halides is 3. The van der Waals surface area contributed by atoms with Crippen LogP contribution in [-0.4, -0.2) is 43.7 Å². The van der Waals surface area contributed by atoms with E-state index in [1.807, 2.05) is 0 Å². The van der Waals surface area contributed by atoms with E-state index in [-0.39, 0.29) is 34.7 Å². The predicted molar refractivity (Wildman–Crippen MR) is 118 cm³/mol. The van der Waals surface area contributed by atoms with E-state index in [4.69, 9.17) is 4.74 Å². The lowest BCUT2D eigenvalue weighted by Crippen LogP contribution is -2.51. The van der Waals surface area contributed by atoms with Crippen molar-refractivity contribution in [1.29, 1.82) is 0 Å². The first-order valence-electron chi connectivity index (χ1n) is 11.0.